The Morgan fingerprint density at radius 3 is 2.48 bits per heavy atom. The number of nitrogens with zero attached hydrogens (tertiary/aromatic N) is 1. The van der Waals surface area contributed by atoms with Gasteiger partial charge in [0.25, 0.3) is 0 Å². The van der Waals surface area contributed by atoms with Crippen LogP contribution in [0.2, 0.25) is 5.02 Å². The quantitative estimate of drug-likeness (QED) is 0.617. The Bertz CT molecular complexity index is 716. The van der Waals surface area contributed by atoms with Crippen molar-refractivity contribution in [1.82, 2.24) is 4.98 Å². The van der Waals surface area contributed by atoms with Gasteiger partial charge in [-0.3, -0.25) is 9.78 Å². The number of hydrogen-bond acceptors (Lipinski definition) is 3. The second-order valence-corrected chi connectivity index (χ2v) is 5.06. The fourth-order valence-electron chi connectivity index (χ4n) is 2.05. The minimum atomic E-state index is -4.75. The lowest BCUT2D eigenvalue weighted by molar-refractivity contribution is -0.142. The lowest BCUT2D eigenvalue weighted by Gasteiger charge is -2.17. The maximum Gasteiger partial charge on any atom is 0.416 e. The van der Waals surface area contributed by atoms with E-state index in [1.54, 1.807) is 0 Å². The number of carbonyl (C=O) groups excluding carboxylic acids is 1. The van der Waals surface area contributed by atoms with Gasteiger partial charge < -0.3 is 4.74 Å². The fourth-order valence-corrected chi connectivity index (χ4v) is 2.16. The van der Waals surface area contributed by atoms with Gasteiger partial charge in [-0.05, 0) is 35.9 Å². The molecule has 0 radical (unpaired) electrons. The highest BCUT2D eigenvalue weighted by molar-refractivity contribution is 6.30. The number of rotatable bonds is 3. The molecule has 3 nitrogen and oxygen atoms in total. The molecule has 1 heterocycles. The van der Waals surface area contributed by atoms with Crippen LogP contribution in [-0.4, -0.2) is 18.1 Å². The molecular weight excluding hydrogens is 338 g/mol. The van der Waals surface area contributed by atoms with Crippen molar-refractivity contribution < 1.29 is 27.1 Å². The second kappa shape index (κ2) is 6.54. The molecule has 23 heavy (non-hydrogen) atoms. The van der Waals surface area contributed by atoms with Crippen LogP contribution < -0.4 is 0 Å². The second-order valence-electron chi connectivity index (χ2n) is 4.63. The molecule has 8 heteroatoms. The van der Waals surface area contributed by atoms with Crippen LogP contribution in [0.25, 0.3) is 0 Å². The van der Waals surface area contributed by atoms with Crippen LogP contribution in [0.3, 0.4) is 0 Å². The average Bonchev–Trinajstić information content (AvgIpc) is 2.48. The van der Waals surface area contributed by atoms with Gasteiger partial charge in [-0.1, -0.05) is 11.6 Å². The molecule has 0 N–H and O–H groups in total. The summed E-state index contributed by atoms with van der Waals surface area (Å²) in [5.41, 5.74) is -1.31. The third-order valence-corrected chi connectivity index (χ3v) is 3.29. The van der Waals surface area contributed by atoms with E-state index >= 15 is 0 Å². The Hall–Kier alpha value is -2.15. The van der Waals surface area contributed by atoms with Gasteiger partial charge in [0.05, 0.1) is 23.4 Å². The molecule has 0 bridgehead atoms. The Kier molecular flexibility index (Phi) is 4.89. The molecule has 0 fully saturated rings. The van der Waals surface area contributed by atoms with Gasteiger partial charge >= 0.3 is 12.1 Å². The van der Waals surface area contributed by atoms with Gasteiger partial charge in [-0.15, -0.1) is 0 Å². The number of methoxy groups -OCH3 is 1. The van der Waals surface area contributed by atoms with E-state index in [0.29, 0.717) is 12.1 Å². The van der Waals surface area contributed by atoms with E-state index in [1.165, 1.54) is 18.3 Å². The number of hydrogen-bond donors (Lipinski definition) is 0. The highest BCUT2D eigenvalue weighted by Crippen LogP contribution is 2.34. The van der Waals surface area contributed by atoms with Crippen LogP contribution in [-0.2, 0) is 15.7 Å². The first-order valence-corrected chi connectivity index (χ1v) is 6.67. The summed E-state index contributed by atoms with van der Waals surface area (Å²) < 4.78 is 56.7. The first-order chi connectivity index (χ1) is 10.7. The summed E-state index contributed by atoms with van der Waals surface area (Å²) in [7, 11) is 1.08. The molecule has 0 amide bonds. The fraction of sp³-hybridized carbons (Fsp3) is 0.200. The van der Waals surface area contributed by atoms with Gasteiger partial charge in [0.2, 0.25) is 0 Å². The van der Waals surface area contributed by atoms with E-state index in [9.17, 15) is 22.4 Å². The maximum absolute atomic E-state index is 13.6. The summed E-state index contributed by atoms with van der Waals surface area (Å²) in [4.78, 5) is 15.9. The Labute approximate surface area is 133 Å². The van der Waals surface area contributed by atoms with Crippen LogP contribution in [0, 0.1) is 5.82 Å². The number of alkyl halides is 3. The van der Waals surface area contributed by atoms with Crippen molar-refractivity contribution in [3.63, 3.8) is 0 Å². The summed E-state index contributed by atoms with van der Waals surface area (Å²) in [5, 5.41) is 0.285. The molecule has 0 aliphatic rings. The molecule has 0 saturated carbocycles. The van der Waals surface area contributed by atoms with E-state index < -0.39 is 29.4 Å². The maximum atomic E-state index is 13.6. The summed E-state index contributed by atoms with van der Waals surface area (Å²) in [6, 6.07) is 4.67. The average molecular weight is 348 g/mol. The molecule has 1 aromatic carbocycles. The van der Waals surface area contributed by atoms with Gasteiger partial charge in [-0.25, -0.2) is 4.39 Å². The molecule has 1 aromatic heterocycles. The minimum Gasteiger partial charge on any atom is -0.468 e. The van der Waals surface area contributed by atoms with Crippen LogP contribution in [0.4, 0.5) is 17.6 Å². The zero-order valence-corrected chi connectivity index (χ0v) is 12.5. The predicted molar refractivity (Wildman–Crippen MR) is 74.5 cm³/mol. The van der Waals surface area contributed by atoms with Crippen LogP contribution in [0.15, 0.2) is 36.5 Å². The third kappa shape index (κ3) is 3.98. The van der Waals surface area contributed by atoms with Crippen molar-refractivity contribution in [3.8, 4) is 0 Å². The van der Waals surface area contributed by atoms with Crippen molar-refractivity contribution in [1.29, 1.82) is 0 Å². The molecule has 122 valence electrons. The van der Waals surface area contributed by atoms with Crippen LogP contribution in [0.1, 0.15) is 22.7 Å². The first kappa shape index (κ1) is 17.2. The van der Waals surface area contributed by atoms with Crippen LogP contribution >= 0.6 is 11.6 Å². The molecule has 2 rings (SSSR count). The van der Waals surface area contributed by atoms with E-state index in [2.05, 4.69) is 9.72 Å². The number of benzene rings is 1. The molecule has 2 aromatic rings. The summed E-state index contributed by atoms with van der Waals surface area (Å²) >= 11 is 5.70. The van der Waals surface area contributed by atoms with E-state index in [4.69, 9.17) is 11.6 Å². The minimum absolute atomic E-state index is 0.0972. The molecule has 1 atom stereocenters. The molecule has 0 spiro atoms. The van der Waals surface area contributed by atoms with Crippen LogP contribution in [0.5, 0.6) is 0 Å². The van der Waals surface area contributed by atoms with Crippen molar-refractivity contribution in [2.45, 2.75) is 12.1 Å². The van der Waals surface area contributed by atoms with Gasteiger partial charge in [0, 0.05) is 6.20 Å². The van der Waals surface area contributed by atoms with E-state index in [0.717, 1.165) is 13.2 Å². The van der Waals surface area contributed by atoms with Gasteiger partial charge in [-0.2, -0.15) is 13.2 Å². The van der Waals surface area contributed by atoms with Crippen molar-refractivity contribution in [2.24, 2.45) is 0 Å². The highest BCUT2D eigenvalue weighted by Gasteiger charge is 2.34. The number of ether oxygens (including phenoxy) is 1. The summed E-state index contributed by atoms with van der Waals surface area (Å²) in [5.74, 6) is -3.27. The number of carbonyl (C=O) groups is 1. The lowest BCUT2D eigenvalue weighted by Crippen LogP contribution is -2.18. The van der Waals surface area contributed by atoms with Gasteiger partial charge in [0.15, 0.2) is 0 Å². The van der Waals surface area contributed by atoms with E-state index in [1.807, 2.05) is 0 Å². The lowest BCUT2D eigenvalue weighted by atomic mass is 9.93. The zero-order valence-electron chi connectivity index (χ0n) is 11.7. The van der Waals surface area contributed by atoms with Gasteiger partial charge in [0.1, 0.15) is 11.7 Å². The highest BCUT2D eigenvalue weighted by atomic mass is 35.5. The van der Waals surface area contributed by atoms with Crippen molar-refractivity contribution >= 4 is 17.6 Å². The molecule has 0 aliphatic heterocycles. The first-order valence-electron chi connectivity index (χ1n) is 6.29. The standard InChI is InChI=1S/C15H10ClF4NO2/c1-23-14(22)13(12-3-2-10(16)7-21-12)8-4-9(15(18,19)20)6-11(17)5-8/h2-7,13H,1H3/t13-/m1/s1. The molecule has 0 aliphatic carbocycles. The summed E-state index contributed by atoms with van der Waals surface area (Å²) in [6.07, 6.45) is -3.51. The monoisotopic (exact) mass is 347 g/mol. The number of halogens is 5. The Morgan fingerprint density at radius 1 is 1.26 bits per heavy atom. The Balaban J connectivity index is 2.58. The topological polar surface area (TPSA) is 39.2 Å². The third-order valence-electron chi connectivity index (χ3n) is 3.06. The molecule has 0 unspecified atom stereocenters. The SMILES string of the molecule is COC(=O)[C@H](c1cc(F)cc(C(F)(F)F)c1)c1ccc(Cl)cn1. The Morgan fingerprint density at radius 2 is 1.96 bits per heavy atom. The number of pyridine rings is 1. The predicted octanol–water partition coefficient (Wildman–Crippen LogP) is 4.20. The number of esters is 1. The van der Waals surface area contributed by atoms with Crippen molar-refractivity contribution in [3.05, 3.63) is 64.2 Å². The van der Waals surface area contributed by atoms with E-state index in [-0.39, 0.29) is 16.3 Å². The molecule has 0 saturated heterocycles. The smallest absolute Gasteiger partial charge is 0.416 e. The van der Waals surface area contributed by atoms with Crippen molar-refractivity contribution in [2.75, 3.05) is 7.11 Å². The summed E-state index contributed by atoms with van der Waals surface area (Å²) in [6.45, 7) is 0. The largest absolute Gasteiger partial charge is 0.468 e. The normalized spacial score (nSPS) is 12.8. The number of aromatic nitrogens is 1. The molecular formula is C15H10ClF4NO2. The zero-order chi connectivity index (χ0) is 17.2.